The molecule has 4 nitrogen and oxygen atoms in total. The minimum Gasteiger partial charge on any atom is -0.497 e. The van der Waals surface area contributed by atoms with Crippen molar-refractivity contribution in [1.29, 1.82) is 0 Å². The molecule has 2 aromatic rings. The number of piperidine rings is 1. The summed E-state index contributed by atoms with van der Waals surface area (Å²) in [6.45, 7) is 4.00. The summed E-state index contributed by atoms with van der Waals surface area (Å²) >= 11 is 0. The zero-order chi connectivity index (χ0) is 19.3. The summed E-state index contributed by atoms with van der Waals surface area (Å²) in [5.41, 5.74) is 1.73. The van der Waals surface area contributed by atoms with Gasteiger partial charge in [0.15, 0.2) is 0 Å². The van der Waals surface area contributed by atoms with Crippen molar-refractivity contribution in [3.05, 3.63) is 65.7 Å². The first-order chi connectivity index (χ1) is 13.0. The van der Waals surface area contributed by atoms with Crippen molar-refractivity contribution in [3.63, 3.8) is 0 Å². The maximum Gasteiger partial charge on any atom is 0.118 e. The van der Waals surface area contributed by atoms with Crippen LogP contribution in [0.25, 0.3) is 0 Å². The van der Waals surface area contributed by atoms with Gasteiger partial charge in [-0.15, -0.1) is 0 Å². The number of methoxy groups -OCH3 is 2. The van der Waals surface area contributed by atoms with Gasteiger partial charge in [0.05, 0.1) is 18.8 Å². The fourth-order valence-electron chi connectivity index (χ4n) is 3.97. The zero-order valence-electron chi connectivity index (χ0n) is 16.6. The summed E-state index contributed by atoms with van der Waals surface area (Å²) in [7, 11) is 3.41. The van der Waals surface area contributed by atoms with Gasteiger partial charge >= 0.3 is 0 Å². The summed E-state index contributed by atoms with van der Waals surface area (Å²) in [4.78, 5) is 2.45. The molecule has 1 aliphatic rings. The standard InChI is InChI=1S/C23H31NO3/c1-18(19-9-11-21(26-2)12-10-19)24-15-13-23(25,14-16-24)17-22(27-3)20-7-5-4-6-8-20/h4-12,18,22,25H,13-17H2,1-3H3. The smallest absolute Gasteiger partial charge is 0.118 e. The van der Waals surface area contributed by atoms with Crippen LogP contribution in [0.15, 0.2) is 54.6 Å². The Morgan fingerprint density at radius 1 is 0.963 bits per heavy atom. The number of benzene rings is 2. The average Bonchev–Trinajstić information content (AvgIpc) is 2.73. The van der Waals surface area contributed by atoms with Crippen LogP contribution < -0.4 is 4.74 Å². The second-order valence-corrected chi connectivity index (χ2v) is 7.55. The number of ether oxygens (including phenoxy) is 2. The van der Waals surface area contributed by atoms with Crippen LogP contribution in [0, 0.1) is 0 Å². The summed E-state index contributed by atoms with van der Waals surface area (Å²) in [5.74, 6) is 0.880. The molecule has 0 aromatic heterocycles. The van der Waals surface area contributed by atoms with Crippen LogP contribution in [-0.4, -0.2) is 42.9 Å². The minimum absolute atomic E-state index is 0.0678. The second kappa shape index (κ2) is 8.87. The summed E-state index contributed by atoms with van der Waals surface area (Å²) in [6, 6.07) is 18.8. The normalized spacial score (nSPS) is 19.4. The Balaban J connectivity index is 1.59. The van der Waals surface area contributed by atoms with E-state index >= 15 is 0 Å². The van der Waals surface area contributed by atoms with Gasteiger partial charge in [-0.1, -0.05) is 42.5 Å². The van der Waals surface area contributed by atoms with Gasteiger partial charge in [0.2, 0.25) is 0 Å². The molecule has 1 saturated heterocycles. The molecule has 1 N–H and O–H groups in total. The SMILES string of the molecule is COc1ccc(C(C)N2CCC(O)(CC(OC)c3ccccc3)CC2)cc1. The van der Waals surface area contributed by atoms with Gasteiger partial charge in [-0.2, -0.15) is 0 Å². The Bertz CT molecular complexity index is 693. The van der Waals surface area contributed by atoms with E-state index in [9.17, 15) is 5.11 Å². The third kappa shape index (κ3) is 4.89. The van der Waals surface area contributed by atoms with Gasteiger partial charge in [0.25, 0.3) is 0 Å². The molecule has 146 valence electrons. The molecule has 1 heterocycles. The average molecular weight is 370 g/mol. The Hall–Kier alpha value is -1.88. The number of aliphatic hydroxyl groups is 1. The Morgan fingerprint density at radius 2 is 1.59 bits per heavy atom. The maximum atomic E-state index is 11.1. The van der Waals surface area contributed by atoms with E-state index in [4.69, 9.17) is 9.47 Å². The highest BCUT2D eigenvalue weighted by Crippen LogP contribution is 2.36. The molecular weight excluding hydrogens is 338 g/mol. The van der Waals surface area contributed by atoms with Crippen molar-refractivity contribution in [2.45, 2.75) is 43.9 Å². The summed E-state index contributed by atoms with van der Waals surface area (Å²) in [6.07, 6.45) is 2.10. The van der Waals surface area contributed by atoms with Crippen LogP contribution in [0.3, 0.4) is 0 Å². The predicted molar refractivity (Wildman–Crippen MR) is 108 cm³/mol. The second-order valence-electron chi connectivity index (χ2n) is 7.55. The molecule has 3 rings (SSSR count). The van der Waals surface area contributed by atoms with Crippen molar-refractivity contribution in [2.75, 3.05) is 27.3 Å². The number of hydrogen-bond donors (Lipinski definition) is 1. The largest absolute Gasteiger partial charge is 0.497 e. The van der Waals surface area contributed by atoms with Crippen LogP contribution in [0.2, 0.25) is 0 Å². The number of nitrogens with zero attached hydrogens (tertiary/aromatic N) is 1. The molecule has 1 fully saturated rings. The van der Waals surface area contributed by atoms with E-state index in [2.05, 4.69) is 36.1 Å². The topological polar surface area (TPSA) is 41.9 Å². The van der Waals surface area contributed by atoms with E-state index in [0.717, 1.165) is 37.2 Å². The van der Waals surface area contributed by atoms with E-state index < -0.39 is 5.60 Å². The van der Waals surface area contributed by atoms with Crippen molar-refractivity contribution in [3.8, 4) is 5.75 Å². The molecule has 0 amide bonds. The van der Waals surface area contributed by atoms with E-state index in [0.29, 0.717) is 12.5 Å². The molecule has 27 heavy (non-hydrogen) atoms. The first-order valence-corrected chi connectivity index (χ1v) is 9.73. The molecular formula is C23H31NO3. The fourth-order valence-corrected chi connectivity index (χ4v) is 3.97. The van der Waals surface area contributed by atoms with E-state index in [-0.39, 0.29) is 6.10 Å². The van der Waals surface area contributed by atoms with Crippen LogP contribution in [0.5, 0.6) is 5.75 Å². The lowest BCUT2D eigenvalue weighted by molar-refractivity contribution is -0.0689. The number of rotatable bonds is 7. The number of likely N-dealkylation sites (tertiary alicyclic amines) is 1. The molecule has 0 bridgehead atoms. The summed E-state index contributed by atoms with van der Waals surface area (Å²) in [5, 5.41) is 11.1. The lowest BCUT2D eigenvalue weighted by Crippen LogP contribution is -2.46. The van der Waals surface area contributed by atoms with Gasteiger partial charge in [-0.3, -0.25) is 4.90 Å². The quantitative estimate of drug-likeness (QED) is 0.787. The first-order valence-electron chi connectivity index (χ1n) is 9.73. The van der Waals surface area contributed by atoms with Crippen LogP contribution in [0.1, 0.15) is 49.5 Å². The Morgan fingerprint density at radius 3 is 2.15 bits per heavy atom. The number of hydrogen-bond acceptors (Lipinski definition) is 4. The molecule has 2 aromatic carbocycles. The van der Waals surface area contributed by atoms with Crippen LogP contribution in [0.4, 0.5) is 0 Å². The van der Waals surface area contributed by atoms with E-state index in [1.54, 1.807) is 14.2 Å². The first kappa shape index (κ1) is 19.9. The zero-order valence-corrected chi connectivity index (χ0v) is 16.6. The maximum absolute atomic E-state index is 11.1. The van der Waals surface area contributed by atoms with Gasteiger partial charge in [-0.05, 0) is 43.0 Å². The minimum atomic E-state index is -0.674. The van der Waals surface area contributed by atoms with Gasteiger partial charge in [0.1, 0.15) is 5.75 Å². The van der Waals surface area contributed by atoms with E-state index in [1.807, 2.05) is 30.3 Å². The lowest BCUT2D eigenvalue weighted by atomic mass is 9.83. The Labute approximate surface area is 162 Å². The highest BCUT2D eigenvalue weighted by molar-refractivity contribution is 5.29. The third-order valence-corrected chi connectivity index (χ3v) is 5.90. The molecule has 0 radical (unpaired) electrons. The van der Waals surface area contributed by atoms with Crippen molar-refractivity contribution in [2.24, 2.45) is 0 Å². The highest BCUT2D eigenvalue weighted by atomic mass is 16.5. The van der Waals surface area contributed by atoms with Crippen molar-refractivity contribution < 1.29 is 14.6 Å². The predicted octanol–water partition coefficient (Wildman–Crippen LogP) is 4.36. The summed E-state index contributed by atoms with van der Waals surface area (Å²) < 4.78 is 10.9. The molecule has 2 unspecified atom stereocenters. The third-order valence-electron chi connectivity index (χ3n) is 5.90. The fraction of sp³-hybridized carbons (Fsp3) is 0.478. The van der Waals surface area contributed by atoms with Gasteiger partial charge < -0.3 is 14.6 Å². The van der Waals surface area contributed by atoms with Crippen molar-refractivity contribution in [1.82, 2.24) is 4.90 Å². The van der Waals surface area contributed by atoms with Crippen molar-refractivity contribution >= 4 is 0 Å². The lowest BCUT2D eigenvalue weighted by Gasteiger charge is -2.42. The van der Waals surface area contributed by atoms with Gasteiger partial charge in [-0.25, -0.2) is 0 Å². The Kier molecular flexibility index (Phi) is 6.53. The van der Waals surface area contributed by atoms with Crippen LogP contribution in [-0.2, 0) is 4.74 Å². The molecule has 0 aliphatic carbocycles. The van der Waals surface area contributed by atoms with Gasteiger partial charge in [0, 0.05) is 32.7 Å². The van der Waals surface area contributed by atoms with Crippen LogP contribution >= 0.6 is 0 Å². The molecule has 1 aliphatic heterocycles. The molecule has 4 heteroatoms. The van der Waals surface area contributed by atoms with E-state index in [1.165, 1.54) is 5.56 Å². The molecule has 0 saturated carbocycles. The molecule has 2 atom stereocenters. The monoisotopic (exact) mass is 369 g/mol. The highest BCUT2D eigenvalue weighted by Gasteiger charge is 2.36. The molecule has 0 spiro atoms.